The molecular formula is C13H20ClN3O2. The molecule has 106 valence electrons. The predicted molar refractivity (Wildman–Crippen MR) is 75.3 cm³/mol. The summed E-state index contributed by atoms with van der Waals surface area (Å²) in [4.78, 5) is 18.2. The summed E-state index contributed by atoms with van der Waals surface area (Å²) in [6.07, 6.45) is 4.01. The van der Waals surface area contributed by atoms with Crippen molar-refractivity contribution >= 4 is 18.3 Å². The first-order chi connectivity index (χ1) is 8.83. The van der Waals surface area contributed by atoms with E-state index >= 15 is 0 Å². The lowest BCUT2D eigenvalue weighted by atomic mass is 10.0. The van der Waals surface area contributed by atoms with Gasteiger partial charge < -0.3 is 15.0 Å². The number of ether oxygens (including phenoxy) is 1. The molecule has 1 aromatic heterocycles. The Hall–Kier alpha value is -1.17. The number of methoxy groups -OCH3 is 1. The van der Waals surface area contributed by atoms with Crippen LogP contribution in [0.1, 0.15) is 18.0 Å². The Kier molecular flexibility index (Phi) is 6.77. The number of nitrogens with zero attached hydrogens (tertiary/aromatic N) is 2. The Bertz CT molecular complexity index is 389. The summed E-state index contributed by atoms with van der Waals surface area (Å²) in [6, 6.07) is 4.00. The third kappa shape index (κ3) is 4.16. The highest BCUT2D eigenvalue weighted by atomic mass is 35.5. The van der Waals surface area contributed by atoms with Gasteiger partial charge in [-0.05, 0) is 11.6 Å². The molecule has 1 fully saturated rings. The number of rotatable bonds is 4. The minimum absolute atomic E-state index is 0. The molecule has 19 heavy (non-hydrogen) atoms. The molecule has 0 bridgehead atoms. The second-order valence-electron chi connectivity index (χ2n) is 4.34. The van der Waals surface area contributed by atoms with E-state index in [1.165, 1.54) is 0 Å². The average molecular weight is 286 g/mol. The van der Waals surface area contributed by atoms with Crippen molar-refractivity contribution in [2.24, 2.45) is 0 Å². The summed E-state index contributed by atoms with van der Waals surface area (Å²) < 4.78 is 4.97. The number of amides is 1. The number of aromatic nitrogens is 1. The number of pyridine rings is 1. The summed E-state index contributed by atoms with van der Waals surface area (Å²) in [5.41, 5.74) is 1.08. The van der Waals surface area contributed by atoms with Crippen LogP contribution in [0.25, 0.3) is 0 Å². The van der Waals surface area contributed by atoms with E-state index in [9.17, 15) is 4.79 Å². The van der Waals surface area contributed by atoms with E-state index in [4.69, 9.17) is 4.74 Å². The van der Waals surface area contributed by atoms with Crippen LogP contribution in [0.4, 0.5) is 0 Å². The molecule has 0 aromatic carbocycles. The maximum Gasteiger partial charge on any atom is 0.225 e. The number of carbonyl (C=O) groups excluding carboxylic acids is 1. The first-order valence-electron chi connectivity index (χ1n) is 6.22. The smallest absolute Gasteiger partial charge is 0.225 e. The van der Waals surface area contributed by atoms with Gasteiger partial charge in [-0.25, -0.2) is 0 Å². The number of piperazine rings is 1. The van der Waals surface area contributed by atoms with Crippen LogP contribution in [-0.4, -0.2) is 49.1 Å². The number of halogens is 1. The van der Waals surface area contributed by atoms with Crippen molar-refractivity contribution in [3.8, 4) is 0 Å². The van der Waals surface area contributed by atoms with Crippen molar-refractivity contribution in [3.05, 3.63) is 30.1 Å². The molecule has 1 aliphatic rings. The molecule has 1 unspecified atom stereocenters. The molecule has 0 aliphatic carbocycles. The number of hydrogen-bond acceptors (Lipinski definition) is 4. The van der Waals surface area contributed by atoms with Crippen LogP contribution in [0.5, 0.6) is 0 Å². The molecule has 0 radical (unpaired) electrons. The van der Waals surface area contributed by atoms with Crippen LogP contribution in [-0.2, 0) is 9.53 Å². The zero-order chi connectivity index (χ0) is 12.8. The fourth-order valence-corrected chi connectivity index (χ4v) is 2.21. The molecule has 1 aliphatic heterocycles. The molecule has 2 heterocycles. The average Bonchev–Trinajstić information content (AvgIpc) is 2.45. The standard InChI is InChI=1S/C13H19N3O2.ClH/c1-18-8-4-13(17)16-7-6-15-10-12(16)11-3-2-5-14-9-11;/h2-3,5,9,12,15H,4,6-8,10H2,1H3;1H. The Labute approximate surface area is 119 Å². The lowest BCUT2D eigenvalue weighted by Crippen LogP contribution is -2.48. The molecule has 1 atom stereocenters. The van der Waals surface area contributed by atoms with Crippen molar-refractivity contribution in [3.63, 3.8) is 0 Å². The van der Waals surface area contributed by atoms with Gasteiger partial charge in [0.05, 0.1) is 19.1 Å². The van der Waals surface area contributed by atoms with Gasteiger partial charge in [-0.3, -0.25) is 9.78 Å². The third-order valence-electron chi connectivity index (χ3n) is 3.15. The van der Waals surface area contributed by atoms with Crippen LogP contribution in [0.2, 0.25) is 0 Å². The minimum Gasteiger partial charge on any atom is -0.384 e. The van der Waals surface area contributed by atoms with Gasteiger partial charge in [-0.2, -0.15) is 0 Å². The zero-order valence-corrected chi connectivity index (χ0v) is 11.9. The van der Waals surface area contributed by atoms with Gasteiger partial charge in [0.15, 0.2) is 0 Å². The molecule has 1 saturated heterocycles. The molecule has 0 spiro atoms. The molecule has 1 aromatic rings. The second-order valence-corrected chi connectivity index (χ2v) is 4.34. The van der Waals surface area contributed by atoms with Crippen LogP contribution >= 0.6 is 12.4 Å². The number of hydrogen-bond donors (Lipinski definition) is 1. The molecular weight excluding hydrogens is 266 g/mol. The Balaban J connectivity index is 0.00000180. The normalized spacial score (nSPS) is 18.8. The molecule has 1 amide bonds. The highest BCUT2D eigenvalue weighted by Crippen LogP contribution is 2.21. The Morgan fingerprint density at radius 3 is 3.16 bits per heavy atom. The van der Waals surface area contributed by atoms with E-state index in [1.54, 1.807) is 13.3 Å². The summed E-state index contributed by atoms with van der Waals surface area (Å²) in [6.45, 7) is 2.84. The molecule has 6 heteroatoms. The van der Waals surface area contributed by atoms with E-state index in [0.29, 0.717) is 13.0 Å². The van der Waals surface area contributed by atoms with Crippen molar-refractivity contribution in [2.45, 2.75) is 12.5 Å². The van der Waals surface area contributed by atoms with E-state index in [2.05, 4.69) is 10.3 Å². The van der Waals surface area contributed by atoms with Crippen LogP contribution in [0, 0.1) is 0 Å². The molecule has 2 rings (SSSR count). The van der Waals surface area contributed by atoms with Crippen LogP contribution in [0.3, 0.4) is 0 Å². The van der Waals surface area contributed by atoms with Crippen LogP contribution < -0.4 is 5.32 Å². The fourth-order valence-electron chi connectivity index (χ4n) is 2.21. The number of nitrogens with one attached hydrogen (secondary N) is 1. The molecule has 0 saturated carbocycles. The first kappa shape index (κ1) is 15.9. The minimum atomic E-state index is 0. The summed E-state index contributed by atoms with van der Waals surface area (Å²) in [5, 5.41) is 3.32. The van der Waals surface area contributed by atoms with Gasteiger partial charge >= 0.3 is 0 Å². The summed E-state index contributed by atoms with van der Waals surface area (Å²) >= 11 is 0. The van der Waals surface area contributed by atoms with E-state index in [-0.39, 0.29) is 24.4 Å². The van der Waals surface area contributed by atoms with Crippen LogP contribution in [0.15, 0.2) is 24.5 Å². The van der Waals surface area contributed by atoms with Gasteiger partial charge in [0, 0.05) is 39.1 Å². The molecule has 1 N–H and O–H groups in total. The largest absolute Gasteiger partial charge is 0.384 e. The van der Waals surface area contributed by atoms with Gasteiger partial charge in [-0.1, -0.05) is 6.07 Å². The molecule has 5 nitrogen and oxygen atoms in total. The predicted octanol–water partition coefficient (Wildman–Crippen LogP) is 1.01. The van der Waals surface area contributed by atoms with Gasteiger partial charge in [-0.15, -0.1) is 12.4 Å². The maximum absolute atomic E-state index is 12.1. The Morgan fingerprint density at radius 1 is 1.63 bits per heavy atom. The zero-order valence-electron chi connectivity index (χ0n) is 11.0. The monoisotopic (exact) mass is 285 g/mol. The van der Waals surface area contributed by atoms with Gasteiger partial charge in [0.1, 0.15) is 0 Å². The lowest BCUT2D eigenvalue weighted by molar-refractivity contribution is -0.135. The topological polar surface area (TPSA) is 54.5 Å². The van der Waals surface area contributed by atoms with E-state index in [1.807, 2.05) is 23.2 Å². The second kappa shape index (κ2) is 8.09. The van der Waals surface area contributed by atoms with Crippen molar-refractivity contribution in [2.75, 3.05) is 33.4 Å². The van der Waals surface area contributed by atoms with Crippen molar-refractivity contribution < 1.29 is 9.53 Å². The quantitative estimate of drug-likeness (QED) is 0.897. The fraction of sp³-hybridized carbons (Fsp3) is 0.538. The highest BCUT2D eigenvalue weighted by molar-refractivity contribution is 5.85. The SMILES string of the molecule is COCCC(=O)N1CCNCC1c1cccnc1.Cl. The van der Waals surface area contributed by atoms with Gasteiger partial charge in [0.25, 0.3) is 0 Å². The van der Waals surface area contributed by atoms with Gasteiger partial charge in [0.2, 0.25) is 5.91 Å². The lowest BCUT2D eigenvalue weighted by Gasteiger charge is -2.36. The van der Waals surface area contributed by atoms with E-state index in [0.717, 1.165) is 25.2 Å². The summed E-state index contributed by atoms with van der Waals surface area (Å²) in [5.74, 6) is 0.146. The Morgan fingerprint density at radius 2 is 2.47 bits per heavy atom. The number of carbonyl (C=O) groups is 1. The van der Waals surface area contributed by atoms with Crippen molar-refractivity contribution in [1.82, 2.24) is 15.2 Å². The van der Waals surface area contributed by atoms with E-state index < -0.39 is 0 Å². The highest BCUT2D eigenvalue weighted by Gasteiger charge is 2.27. The summed E-state index contributed by atoms with van der Waals surface area (Å²) in [7, 11) is 1.61. The van der Waals surface area contributed by atoms with Crippen molar-refractivity contribution in [1.29, 1.82) is 0 Å². The maximum atomic E-state index is 12.1. The first-order valence-corrected chi connectivity index (χ1v) is 6.22. The third-order valence-corrected chi connectivity index (χ3v) is 3.15.